The van der Waals surface area contributed by atoms with Crippen molar-refractivity contribution < 1.29 is 24.2 Å². The van der Waals surface area contributed by atoms with Crippen molar-refractivity contribution in [1.82, 2.24) is 29.7 Å². The largest absolute Gasteiger partial charge is 0.465 e. The van der Waals surface area contributed by atoms with Gasteiger partial charge in [-0.3, -0.25) is 10.1 Å². The Balaban J connectivity index is 1.67. The van der Waals surface area contributed by atoms with Crippen molar-refractivity contribution in [2.75, 3.05) is 37.4 Å². The fraction of sp³-hybridized carbons (Fsp3) is 0.423. The van der Waals surface area contributed by atoms with E-state index in [4.69, 9.17) is 16.3 Å². The van der Waals surface area contributed by atoms with Crippen LogP contribution in [0.25, 0.3) is 11.2 Å². The van der Waals surface area contributed by atoms with E-state index in [9.17, 15) is 19.5 Å². The number of carboxylic acid groups (broad SMARTS) is 1. The summed E-state index contributed by atoms with van der Waals surface area (Å²) in [6.45, 7) is 5.95. The lowest BCUT2D eigenvalue weighted by Crippen LogP contribution is -2.55. The van der Waals surface area contributed by atoms with Crippen LogP contribution in [0.2, 0.25) is 5.02 Å². The van der Waals surface area contributed by atoms with E-state index in [1.54, 1.807) is 62.8 Å². The lowest BCUT2D eigenvalue weighted by molar-refractivity contribution is -0.123. The van der Waals surface area contributed by atoms with Crippen molar-refractivity contribution >= 4 is 74.6 Å². The molecular formula is C26H31BrClN9O5. The number of hydrogen-bond donors (Lipinski definition) is 3. The molecule has 1 atom stereocenters. The second-order valence-corrected chi connectivity index (χ2v) is 12.3. The van der Waals surface area contributed by atoms with Gasteiger partial charge in [-0.15, -0.1) is 0 Å². The van der Waals surface area contributed by atoms with E-state index >= 15 is 0 Å². The maximum absolute atomic E-state index is 13.1. The number of anilines is 2. The van der Waals surface area contributed by atoms with Crippen LogP contribution >= 0.6 is 27.5 Å². The minimum atomic E-state index is -1.44. The van der Waals surface area contributed by atoms with Gasteiger partial charge < -0.3 is 29.5 Å². The predicted molar refractivity (Wildman–Crippen MR) is 161 cm³/mol. The quantitative estimate of drug-likeness (QED) is 0.248. The first-order valence-corrected chi connectivity index (χ1v) is 14.0. The van der Waals surface area contributed by atoms with Gasteiger partial charge in [0.2, 0.25) is 0 Å². The molecule has 1 aliphatic rings. The van der Waals surface area contributed by atoms with Crippen molar-refractivity contribution in [1.29, 1.82) is 0 Å². The van der Waals surface area contributed by atoms with Crippen molar-refractivity contribution in [3.05, 3.63) is 39.8 Å². The Labute approximate surface area is 255 Å². The molecule has 0 radical (unpaired) electrons. The zero-order valence-electron chi connectivity index (χ0n) is 23.7. The summed E-state index contributed by atoms with van der Waals surface area (Å²) < 4.78 is 7.80. The first kappa shape index (κ1) is 31.0. The number of imidazole rings is 1. The molecule has 0 bridgehead atoms. The number of benzene rings is 1. The van der Waals surface area contributed by atoms with Crippen LogP contribution in [0.4, 0.5) is 21.1 Å². The number of carbonyl (C=O) groups excluding carboxylic acids is 2. The van der Waals surface area contributed by atoms with Crippen molar-refractivity contribution in [3.8, 4) is 0 Å². The lowest BCUT2D eigenvalue weighted by Gasteiger charge is -2.28. The molecule has 1 fully saturated rings. The fourth-order valence-electron chi connectivity index (χ4n) is 4.53. The van der Waals surface area contributed by atoms with Gasteiger partial charge in [-0.05, 0) is 39.3 Å². The molecule has 3 amide bonds. The van der Waals surface area contributed by atoms with E-state index in [1.165, 1.54) is 12.7 Å². The van der Waals surface area contributed by atoms with Gasteiger partial charge >= 0.3 is 12.2 Å². The fourth-order valence-corrected chi connectivity index (χ4v) is 5.45. The Kier molecular flexibility index (Phi) is 8.92. The zero-order valence-corrected chi connectivity index (χ0v) is 26.0. The molecule has 1 unspecified atom stereocenters. The van der Waals surface area contributed by atoms with E-state index in [-0.39, 0.29) is 25.3 Å². The van der Waals surface area contributed by atoms with Gasteiger partial charge in [0.1, 0.15) is 17.5 Å². The number of aromatic nitrogens is 4. The van der Waals surface area contributed by atoms with Gasteiger partial charge in [0.15, 0.2) is 17.0 Å². The molecule has 0 saturated carbocycles. The Hall–Kier alpha value is -3.98. The molecule has 4 rings (SSSR count). The average molecular weight is 665 g/mol. The van der Waals surface area contributed by atoms with Crippen molar-refractivity contribution in [3.63, 3.8) is 0 Å². The highest BCUT2D eigenvalue weighted by Gasteiger charge is 2.46. The molecule has 1 aromatic carbocycles. The number of fused-ring (bicyclic) bond motifs is 1. The third-order valence-electron chi connectivity index (χ3n) is 6.26. The van der Waals surface area contributed by atoms with Crippen LogP contribution < -0.4 is 15.5 Å². The van der Waals surface area contributed by atoms with Crippen LogP contribution in [-0.2, 0) is 16.1 Å². The molecule has 3 heterocycles. The highest BCUT2D eigenvalue weighted by atomic mass is 79.9. The number of amides is 3. The Bertz CT molecular complexity index is 1550. The summed E-state index contributed by atoms with van der Waals surface area (Å²) in [6, 6.07) is 3.50. The molecular weight excluding hydrogens is 634 g/mol. The highest BCUT2D eigenvalue weighted by molar-refractivity contribution is 9.10. The second-order valence-electron chi connectivity index (χ2n) is 11.0. The molecule has 3 aromatic rings. The molecule has 224 valence electrons. The second kappa shape index (κ2) is 12.1. The molecule has 2 aromatic heterocycles. The summed E-state index contributed by atoms with van der Waals surface area (Å²) in [5, 5.41) is 15.0. The van der Waals surface area contributed by atoms with Crippen LogP contribution in [0, 0.1) is 0 Å². The molecule has 1 saturated heterocycles. The summed E-state index contributed by atoms with van der Waals surface area (Å²) in [5.41, 5.74) is 0.168. The first-order chi connectivity index (χ1) is 19.7. The smallest absolute Gasteiger partial charge is 0.413 e. The minimum Gasteiger partial charge on any atom is -0.465 e. The molecule has 16 heteroatoms. The number of carbonyl (C=O) groups is 3. The van der Waals surface area contributed by atoms with Gasteiger partial charge in [0.05, 0.1) is 25.8 Å². The van der Waals surface area contributed by atoms with Gasteiger partial charge in [-0.2, -0.15) is 0 Å². The Morgan fingerprint density at radius 3 is 2.67 bits per heavy atom. The topological polar surface area (TPSA) is 167 Å². The van der Waals surface area contributed by atoms with Crippen LogP contribution in [0.3, 0.4) is 0 Å². The van der Waals surface area contributed by atoms with E-state index < -0.39 is 29.2 Å². The third kappa shape index (κ3) is 7.07. The molecule has 1 aliphatic heterocycles. The average Bonchev–Trinajstić information content (AvgIpc) is 3.48. The molecule has 42 heavy (non-hydrogen) atoms. The molecule has 3 N–H and O–H groups in total. The standard InChI is InChI=1S/C26H31BrClN9O5/c1-25(2,3)42-24(41)33-20-19-21(30-12-29-20)37(14-31-19)10-16-17(27)8-15(28)9-18(16)36-7-6-26(11-36,34-23(39)40)22(38)32-13-35(4)5/h8-9,12-14,34H,6-7,10-11H2,1-5H3,(H,39,40)(H,29,30,33,41)/b32-13+. The van der Waals surface area contributed by atoms with Crippen molar-refractivity contribution in [2.45, 2.75) is 44.9 Å². The summed E-state index contributed by atoms with van der Waals surface area (Å²) in [7, 11) is 3.43. The number of nitrogens with one attached hydrogen (secondary N) is 2. The van der Waals surface area contributed by atoms with E-state index in [2.05, 4.69) is 46.5 Å². The minimum absolute atomic E-state index is 0.0412. The number of aliphatic imine (C=N–C) groups is 1. The summed E-state index contributed by atoms with van der Waals surface area (Å²) in [4.78, 5) is 57.6. The zero-order chi connectivity index (χ0) is 30.8. The number of hydrogen-bond acceptors (Lipinski definition) is 8. The molecule has 0 aliphatic carbocycles. The maximum atomic E-state index is 13.1. The maximum Gasteiger partial charge on any atom is 0.413 e. The Morgan fingerprint density at radius 2 is 2.00 bits per heavy atom. The first-order valence-electron chi connectivity index (χ1n) is 12.8. The van der Waals surface area contributed by atoms with Gasteiger partial charge in [-0.1, -0.05) is 27.5 Å². The van der Waals surface area contributed by atoms with Crippen molar-refractivity contribution in [2.24, 2.45) is 4.99 Å². The SMILES string of the molecule is CN(C)/C=N/C(=O)C1(NC(=O)O)CCN(c2cc(Cl)cc(Br)c2Cn2cnc3c(NC(=O)OC(C)(C)C)ncnc32)C1. The van der Waals surface area contributed by atoms with Crippen LogP contribution in [0.15, 0.2) is 34.3 Å². The van der Waals surface area contributed by atoms with E-state index in [1.807, 2.05) is 4.90 Å². The van der Waals surface area contributed by atoms with E-state index in [0.717, 1.165) is 5.56 Å². The van der Waals surface area contributed by atoms with Gasteiger partial charge in [0, 0.05) is 41.4 Å². The van der Waals surface area contributed by atoms with Crippen LogP contribution in [-0.4, -0.2) is 92.3 Å². The predicted octanol–water partition coefficient (Wildman–Crippen LogP) is 3.97. The summed E-state index contributed by atoms with van der Waals surface area (Å²) in [6.07, 6.45) is 2.44. The number of halogens is 2. The van der Waals surface area contributed by atoms with E-state index in [0.29, 0.717) is 32.9 Å². The number of nitrogens with zero attached hydrogens (tertiary/aromatic N) is 7. The van der Waals surface area contributed by atoms with Gasteiger partial charge in [0.25, 0.3) is 5.91 Å². The number of ether oxygens (including phenoxy) is 1. The monoisotopic (exact) mass is 663 g/mol. The third-order valence-corrected chi connectivity index (χ3v) is 7.18. The van der Waals surface area contributed by atoms with Crippen LogP contribution in [0.1, 0.15) is 32.8 Å². The summed E-state index contributed by atoms with van der Waals surface area (Å²) in [5.74, 6) is -0.393. The summed E-state index contributed by atoms with van der Waals surface area (Å²) >= 11 is 10.1. The lowest BCUT2D eigenvalue weighted by atomic mass is 9.98. The number of rotatable bonds is 7. The molecule has 14 nitrogen and oxygen atoms in total. The highest BCUT2D eigenvalue weighted by Crippen LogP contribution is 2.37. The Morgan fingerprint density at radius 1 is 1.26 bits per heavy atom. The normalized spacial score (nSPS) is 17.1. The molecule has 0 spiro atoms. The van der Waals surface area contributed by atoms with Gasteiger partial charge in [-0.25, -0.2) is 29.5 Å². The van der Waals surface area contributed by atoms with Crippen LogP contribution in [0.5, 0.6) is 0 Å².